The summed E-state index contributed by atoms with van der Waals surface area (Å²) in [6, 6.07) is 16.3. The van der Waals surface area contributed by atoms with Gasteiger partial charge in [-0.2, -0.15) is 0 Å². The maximum atomic E-state index is 12.7. The van der Waals surface area contributed by atoms with Crippen LogP contribution in [-0.2, 0) is 21.1 Å². The van der Waals surface area contributed by atoms with E-state index in [1.54, 1.807) is 17.6 Å². The average Bonchev–Trinajstić information content (AvgIpc) is 2.71. The number of carbonyl (C=O) groups excluding carboxylic acids is 1. The molecule has 0 bridgehead atoms. The van der Waals surface area contributed by atoms with E-state index < -0.39 is 15.7 Å². The van der Waals surface area contributed by atoms with Crippen LogP contribution < -0.4 is 10.2 Å². The van der Waals surface area contributed by atoms with Gasteiger partial charge in [0.1, 0.15) is 5.75 Å². The lowest BCUT2D eigenvalue weighted by Gasteiger charge is -2.16. The SMILES string of the molecule is COc1ccc(S(=O)(=O)CC(CCCCc2ccccc2)CC(=O)NO)cc1. The van der Waals surface area contributed by atoms with Gasteiger partial charge in [0.05, 0.1) is 17.8 Å². The molecule has 2 aromatic rings. The topological polar surface area (TPSA) is 92.7 Å². The van der Waals surface area contributed by atoms with Crippen LogP contribution in [0.25, 0.3) is 0 Å². The number of rotatable bonds is 11. The summed E-state index contributed by atoms with van der Waals surface area (Å²) in [5.74, 6) is -0.498. The maximum absolute atomic E-state index is 12.7. The fraction of sp³-hybridized carbons (Fsp3) is 0.381. The number of amides is 1. The molecule has 152 valence electrons. The summed E-state index contributed by atoms with van der Waals surface area (Å²) in [7, 11) is -2.03. The summed E-state index contributed by atoms with van der Waals surface area (Å²) in [6.07, 6.45) is 3.18. The van der Waals surface area contributed by atoms with Gasteiger partial charge < -0.3 is 4.74 Å². The molecule has 0 spiro atoms. The molecule has 0 aliphatic carbocycles. The molecule has 0 saturated heterocycles. The molecule has 28 heavy (non-hydrogen) atoms. The molecule has 0 aromatic heterocycles. The normalized spacial score (nSPS) is 12.4. The highest BCUT2D eigenvalue weighted by atomic mass is 32.2. The van der Waals surface area contributed by atoms with Crippen molar-refractivity contribution in [2.45, 2.75) is 37.0 Å². The Hall–Kier alpha value is -2.38. The molecule has 2 rings (SSSR count). The smallest absolute Gasteiger partial charge is 0.243 e. The lowest BCUT2D eigenvalue weighted by Crippen LogP contribution is -2.26. The number of methoxy groups -OCH3 is 1. The first-order valence-corrected chi connectivity index (χ1v) is 10.9. The minimum Gasteiger partial charge on any atom is -0.497 e. The molecule has 7 heteroatoms. The molecule has 0 saturated carbocycles. The fourth-order valence-corrected chi connectivity index (χ4v) is 4.80. The van der Waals surface area contributed by atoms with Crippen molar-refractivity contribution in [3.05, 3.63) is 60.2 Å². The lowest BCUT2D eigenvalue weighted by atomic mass is 9.98. The first-order chi connectivity index (χ1) is 13.4. The molecule has 1 unspecified atom stereocenters. The Labute approximate surface area is 166 Å². The van der Waals surface area contributed by atoms with E-state index in [2.05, 4.69) is 12.1 Å². The largest absolute Gasteiger partial charge is 0.497 e. The zero-order valence-electron chi connectivity index (χ0n) is 16.0. The average molecular weight is 406 g/mol. The van der Waals surface area contributed by atoms with Crippen LogP contribution in [0.1, 0.15) is 31.2 Å². The summed E-state index contributed by atoms with van der Waals surface area (Å²) in [5.41, 5.74) is 2.84. The van der Waals surface area contributed by atoms with Crippen molar-refractivity contribution in [3.8, 4) is 5.75 Å². The Bertz CT molecular complexity index is 835. The third-order valence-electron chi connectivity index (χ3n) is 4.64. The highest BCUT2D eigenvalue weighted by Gasteiger charge is 2.23. The number of hydrogen-bond donors (Lipinski definition) is 2. The summed E-state index contributed by atoms with van der Waals surface area (Å²) in [6.45, 7) is 0. The van der Waals surface area contributed by atoms with E-state index in [9.17, 15) is 13.2 Å². The van der Waals surface area contributed by atoms with Crippen molar-refractivity contribution < 1.29 is 23.2 Å². The summed E-state index contributed by atoms with van der Waals surface area (Å²) < 4.78 is 30.5. The van der Waals surface area contributed by atoms with Crippen molar-refractivity contribution in [1.29, 1.82) is 0 Å². The predicted molar refractivity (Wildman–Crippen MR) is 107 cm³/mol. The van der Waals surface area contributed by atoms with Gasteiger partial charge in [0.15, 0.2) is 9.84 Å². The molecular formula is C21H27NO5S. The number of benzene rings is 2. The predicted octanol–water partition coefficient (Wildman–Crippen LogP) is 3.39. The van der Waals surface area contributed by atoms with Crippen LogP contribution in [0.3, 0.4) is 0 Å². The maximum Gasteiger partial charge on any atom is 0.243 e. The van der Waals surface area contributed by atoms with Gasteiger partial charge in [-0.25, -0.2) is 13.9 Å². The number of sulfone groups is 1. The van der Waals surface area contributed by atoms with Crippen molar-refractivity contribution in [3.63, 3.8) is 0 Å². The van der Waals surface area contributed by atoms with Gasteiger partial charge in [-0.15, -0.1) is 0 Å². The molecule has 0 aliphatic heterocycles. The van der Waals surface area contributed by atoms with Crippen molar-refractivity contribution >= 4 is 15.7 Å². The number of unbranched alkanes of at least 4 members (excludes halogenated alkanes) is 1. The zero-order chi connectivity index (χ0) is 20.4. The van der Waals surface area contributed by atoms with Crippen LogP contribution in [0.15, 0.2) is 59.5 Å². The van der Waals surface area contributed by atoms with Gasteiger partial charge in [0.25, 0.3) is 0 Å². The van der Waals surface area contributed by atoms with E-state index in [-0.39, 0.29) is 23.0 Å². The van der Waals surface area contributed by atoms with E-state index in [0.717, 1.165) is 19.3 Å². The Morgan fingerprint density at radius 2 is 1.75 bits per heavy atom. The highest BCUT2D eigenvalue weighted by Crippen LogP contribution is 2.23. The minimum absolute atomic E-state index is 0.0305. The van der Waals surface area contributed by atoms with Gasteiger partial charge in [0, 0.05) is 6.42 Å². The van der Waals surface area contributed by atoms with Gasteiger partial charge in [-0.05, 0) is 55.0 Å². The molecule has 0 heterocycles. The zero-order valence-corrected chi connectivity index (χ0v) is 16.8. The second-order valence-corrected chi connectivity index (χ2v) is 8.83. The molecular weight excluding hydrogens is 378 g/mol. The molecule has 0 radical (unpaired) electrons. The first-order valence-electron chi connectivity index (χ1n) is 9.28. The summed E-state index contributed by atoms with van der Waals surface area (Å²) >= 11 is 0. The van der Waals surface area contributed by atoms with E-state index in [1.165, 1.54) is 24.8 Å². The van der Waals surface area contributed by atoms with Gasteiger partial charge >= 0.3 is 0 Å². The molecule has 2 N–H and O–H groups in total. The Morgan fingerprint density at radius 3 is 2.36 bits per heavy atom. The number of nitrogens with one attached hydrogen (secondary N) is 1. The molecule has 0 fully saturated rings. The second-order valence-electron chi connectivity index (χ2n) is 6.79. The molecule has 6 nitrogen and oxygen atoms in total. The van der Waals surface area contributed by atoms with Crippen LogP contribution in [0.2, 0.25) is 0 Å². The fourth-order valence-electron chi connectivity index (χ4n) is 3.15. The third kappa shape index (κ3) is 6.98. The minimum atomic E-state index is -3.54. The van der Waals surface area contributed by atoms with Gasteiger partial charge in [-0.3, -0.25) is 10.0 Å². The standard InChI is InChI=1S/C21H27NO5S/c1-27-19-11-13-20(14-12-19)28(25,26)16-18(15-21(23)22-24)10-6-5-9-17-7-3-2-4-8-17/h2-4,7-8,11-14,18,24H,5-6,9-10,15-16H2,1H3,(H,22,23). The van der Waals surface area contributed by atoms with Gasteiger partial charge in [-0.1, -0.05) is 36.8 Å². The Morgan fingerprint density at radius 1 is 1.07 bits per heavy atom. The highest BCUT2D eigenvalue weighted by molar-refractivity contribution is 7.91. The number of carbonyl (C=O) groups is 1. The van der Waals surface area contributed by atoms with E-state index in [4.69, 9.17) is 9.94 Å². The number of hydroxylamine groups is 1. The van der Waals surface area contributed by atoms with Crippen LogP contribution in [0.5, 0.6) is 5.75 Å². The van der Waals surface area contributed by atoms with Crippen molar-refractivity contribution in [1.82, 2.24) is 5.48 Å². The third-order valence-corrected chi connectivity index (χ3v) is 6.54. The molecule has 1 atom stereocenters. The van der Waals surface area contributed by atoms with Gasteiger partial charge in [0.2, 0.25) is 5.91 Å². The molecule has 2 aromatic carbocycles. The molecule has 0 aliphatic rings. The van der Waals surface area contributed by atoms with Crippen molar-refractivity contribution in [2.24, 2.45) is 5.92 Å². The quantitative estimate of drug-likeness (QED) is 0.340. The Balaban J connectivity index is 1.97. The van der Waals surface area contributed by atoms with Crippen LogP contribution in [0.4, 0.5) is 0 Å². The van der Waals surface area contributed by atoms with E-state index in [0.29, 0.717) is 12.2 Å². The lowest BCUT2D eigenvalue weighted by molar-refractivity contribution is -0.130. The number of hydrogen-bond acceptors (Lipinski definition) is 5. The van der Waals surface area contributed by atoms with E-state index in [1.807, 2.05) is 18.2 Å². The summed E-state index contributed by atoms with van der Waals surface area (Å²) in [4.78, 5) is 11.8. The summed E-state index contributed by atoms with van der Waals surface area (Å²) in [5, 5.41) is 8.81. The second kappa shape index (κ2) is 10.8. The van der Waals surface area contributed by atoms with E-state index >= 15 is 0 Å². The number of aryl methyl sites for hydroxylation is 1. The van der Waals surface area contributed by atoms with Crippen molar-refractivity contribution in [2.75, 3.05) is 12.9 Å². The monoisotopic (exact) mass is 405 g/mol. The number of ether oxygens (including phenoxy) is 1. The first kappa shape index (κ1) is 21.9. The van der Waals surface area contributed by atoms with Crippen LogP contribution in [0, 0.1) is 5.92 Å². The molecule has 1 amide bonds. The Kier molecular flexibility index (Phi) is 8.47. The van der Waals surface area contributed by atoms with Crippen LogP contribution >= 0.6 is 0 Å². The van der Waals surface area contributed by atoms with Crippen LogP contribution in [-0.4, -0.2) is 32.4 Å².